The van der Waals surface area contributed by atoms with Gasteiger partial charge in [-0.2, -0.15) is 0 Å². The number of carbonyl (C=O) groups excluding carboxylic acids is 1. The van der Waals surface area contributed by atoms with Crippen molar-refractivity contribution in [3.05, 3.63) is 59.9 Å². The zero-order valence-electron chi connectivity index (χ0n) is 11.0. The average Bonchev–Trinajstić information content (AvgIpc) is 2.45. The van der Waals surface area contributed by atoms with Gasteiger partial charge in [-0.15, -0.1) is 0 Å². The normalized spacial score (nSPS) is 10.1. The lowest BCUT2D eigenvalue weighted by atomic mass is 10.1. The van der Waals surface area contributed by atoms with Crippen molar-refractivity contribution in [1.82, 2.24) is 0 Å². The summed E-state index contributed by atoms with van der Waals surface area (Å²) in [5.74, 6) is -2.69. The standard InChI is InChI=1S/C15H13FN2O3/c16-11-6-2-1-5-10(11)15(21)18(9-14(19)20)13-8-4-3-7-12(13)17/h1-8H,9,17H2,(H,19,20). The molecular weight excluding hydrogens is 275 g/mol. The average molecular weight is 288 g/mol. The van der Waals surface area contributed by atoms with Gasteiger partial charge < -0.3 is 10.8 Å². The zero-order chi connectivity index (χ0) is 15.4. The molecule has 0 bridgehead atoms. The molecule has 0 aliphatic rings. The van der Waals surface area contributed by atoms with Crippen LogP contribution < -0.4 is 10.6 Å². The molecule has 0 radical (unpaired) electrons. The fourth-order valence-electron chi connectivity index (χ4n) is 1.92. The molecule has 3 N–H and O–H groups in total. The predicted octanol–water partition coefficient (Wildman–Crippen LogP) is 2.14. The molecule has 0 saturated carbocycles. The molecule has 108 valence electrons. The Morgan fingerprint density at radius 3 is 2.33 bits per heavy atom. The van der Waals surface area contributed by atoms with Crippen LogP contribution in [0.4, 0.5) is 15.8 Å². The Morgan fingerprint density at radius 2 is 1.71 bits per heavy atom. The van der Waals surface area contributed by atoms with Gasteiger partial charge in [-0.3, -0.25) is 14.5 Å². The molecule has 1 amide bonds. The minimum atomic E-state index is -1.22. The minimum Gasteiger partial charge on any atom is -0.480 e. The van der Waals surface area contributed by atoms with Crippen LogP contribution in [-0.2, 0) is 4.79 Å². The van der Waals surface area contributed by atoms with Crippen molar-refractivity contribution >= 4 is 23.3 Å². The highest BCUT2D eigenvalue weighted by Gasteiger charge is 2.24. The molecule has 2 aromatic rings. The number of anilines is 2. The molecule has 2 rings (SSSR count). The van der Waals surface area contributed by atoms with Gasteiger partial charge in [0.2, 0.25) is 0 Å². The summed E-state index contributed by atoms with van der Waals surface area (Å²) < 4.78 is 13.7. The maximum atomic E-state index is 13.7. The van der Waals surface area contributed by atoms with Gasteiger partial charge >= 0.3 is 5.97 Å². The number of nitrogens with two attached hydrogens (primary N) is 1. The van der Waals surface area contributed by atoms with Crippen molar-refractivity contribution in [3.8, 4) is 0 Å². The monoisotopic (exact) mass is 288 g/mol. The van der Waals surface area contributed by atoms with Crippen LogP contribution in [0.2, 0.25) is 0 Å². The zero-order valence-corrected chi connectivity index (χ0v) is 11.0. The largest absolute Gasteiger partial charge is 0.480 e. The SMILES string of the molecule is Nc1ccccc1N(CC(=O)O)C(=O)c1ccccc1F. The first kappa shape index (κ1) is 14.5. The quantitative estimate of drug-likeness (QED) is 0.844. The lowest BCUT2D eigenvalue weighted by Gasteiger charge is -2.22. The van der Waals surface area contributed by atoms with Crippen LogP contribution in [0.1, 0.15) is 10.4 Å². The van der Waals surface area contributed by atoms with Gasteiger partial charge in [0.25, 0.3) is 5.91 Å². The van der Waals surface area contributed by atoms with Gasteiger partial charge in [-0.1, -0.05) is 24.3 Å². The summed E-state index contributed by atoms with van der Waals surface area (Å²) in [6.45, 7) is -0.610. The van der Waals surface area contributed by atoms with E-state index in [1.807, 2.05) is 0 Å². The second kappa shape index (κ2) is 6.04. The molecule has 0 saturated heterocycles. The molecule has 5 nitrogen and oxygen atoms in total. The number of rotatable bonds is 4. The second-order valence-corrected chi connectivity index (χ2v) is 4.32. The van der Waals surface area contributed by atoms with E-state index in [-0.39, 0.29) is 16.9 Å². The van der Waals surface area contributed by atoms with Gasteiger partial charge in [0, 0.05) is 0 Å². The molecule has 0 unspecified atom stereocenters. The fourth-order valence-corrected chi connectivity index (χ4v) is 1.92. The van der Waals surface area contributed by atoms with Crippen LogP contribution in [0.3, 0.4) is 0 Å². The number of hydrogen-bond acceptors (Lipinski definition) is 3. The van der Waals surface area contributed by atoms with Crippen molar-refractivity contribution in [1.29, 1.82) is 0 Å². The highest BCUT2D eigenvalue weighted by molar-refractivity contribution is 6.09. The van der Waals surface area contributed by atoms with E-state index < -0.39 is 24.2 Å². The van der Waals surface area contributed by atoms with Crippen LogP contribution in [-0.4, -0.2) is 23.5 Å². The molecule has 0 spiro atoms. The maximum absolute atomic E-state index is 13.7. The number of carbonyl (C=O) groups is 2. The number of para-hydroxylation sites is 2. The number of carboxylic acid groups (broad SMARTS) is 1. The fraction of sp³-hybridized carbons (Fsp3) is 0.0667. The molecule has 6 heteroatoms. The Morgan fingerprint density at radius 1 is 1.10 bits per heavy atom. The molecule has 2 aromatic carbocycles. The third kappa shape index (κ3) is 3.17. The van der Waals surface area contributed by atoms with Crippen LogP contribution in [0.25, 0.3) is 0 Å². The van der Waals surface area contributed by atoms with Crippen LogP contribution >= 0.6 is 0 Å². The Bertz CT molecular complexity index is 688. The van der Waals surface area contributed by atoms with E-state index >= 15 is 0 Å². The van der Waals surface area contributed by atoms with Crippen LogP contribution in [0.5, 0.6) is 0 Å². The summed E-state index contributed by atoms with van der Waals surface area (Å²) in [6, 6.07) is 11.7. The van der Waals surface area contributed by atoms with Gasteiger partial charge in [0.1, 0.15) is 12.4 Å². The molecule has 0 heterocycles. The number of nitrogens with zero attached hydrogens (tertiary/aromatic N) is 1. The Hall–Kier alpha value is -2.89. The first-order valence-corrected chi connectivity index (χ1v) is 6.13. The summed E-state index contributed by atoms with van der Waals surface area (Å²) in [6.07, 6.45) is 0. The molecule has 0 aromatic heterocycles. The topological polar surface area (TPSA) is 83.6 Å². The number of halogens is 1. The van der Waals surface area contributed by atoms with Crippen molar-refractivity contribution in [3.63, 3.8) is 0 Å². The highest BCUT2D eigenvalue weighted by atomic mass is 19.1. The van der Waals surface area contributed by atoms with Gasteiger partial charge in [0.15, 0.2) is 0 Å². The van der Waals surface area contributed by atoms with Crippen molar-refractivity contribution < 1.29 is 19.1 Å². The molecule has 21 heavy (non-hydrogen) atoms. The van der Waals surface area contributed by atoms with Gasteiger partial charge in [-0.05, 0) is 24.3 Å². The number of amides is 1. The van der Waals surface area contributed by atoms with E-state index in [4.69, 9.17) is 10.8 Å². The smallest absolute Gasteiger partial charge is 0.323 e. The summed E-state index contributed by atoms with van der Waals surface area (Å²) in [4.78, 5) is 24.3. The maximum Gasteiger partial charge on any atom is 0.323 e. The first-order valence-electron chi connectivity index (χ1n) is 6.13. The van der Waals surface area contributed by atoms with Gasteiger partial charge in [0.05, 0.1) is 16.9 Å². The summed E-state index contributed by atoms with van der Waals surface area (Å²) in [5, 5.41) is 8.97. The summed E-state index contributed by atoms with van der Waals surface area (Å²) in [7, 11) is 0. The Kier molecular flexibility index (Phi) is 4.18. The number of benzene rings is 2. The van der Waals surface area contributed by atoms with E-state index in [1.165, 1.54) is 24.3 Å². The highest BCUT2D eigenvalue weighted by Crippen LogP contribution is 2.24. The van der Waals surface area contributed by atoms with E-state index in [2.05, 4.69) is 0 Å². The van der Waals surface area contributed by atoms with E-state index in [1.54, 1.807) is 18.2 Å². The minimum absolute atomic E-state index is 0.206. The molecule has 0 aliphatic carbocycles. The molecule has 0 aliphatic heterocycles. The Balaban J connectivity index is 2.46. The third-order valence-corrected chi connectivity index (χ3v) is 2.87. The number of hydrogen-bond donors (Lipinski definition) is 2. The van der Waals surface area contributed by atoms with Gasteiger partial charge in [-0.25, -0.2) is 4.39 Å². The molecule has 0 atom stereocenters. The Labute approximate surface area is 120 Å². The number of carboxylic acids is 1. The van der Waals surface area contributed by atoms with E-state index in [0.29, 0.717) is 0 Å². The van der Waals surface area contributed by atoms with Crippen molar-refractivity contribution in [2.45, 2.75) is 0 Å². The predicted molar refractivity (Wildman–Crippen MR) is 76.6 cm³/mol. The lowest BCUT2D eigenvalue weighted by Crippen LogP contribution is -2.36. The van der Waals surface area contributed by atoms with Crippen LogP contribution in [0.15, 0.2) is 48.5 Å². The van der Waals surface area contributed by atoms with Crippen molar-refractivity contribution in [2.75, 3.05) is 17.2 Å². The van der Waals surface area contributed by atoms with Crippen molar-refractivity contribution in [2.24, 2.45) is 0 Å². The van der Waals surface area contributed by atoms with E-state index in [9.17, 15) is 14.0 Å². The second-order valence-electron chi connectivity index (χ2n) is 4.32. The third-order valence-electron chi connectivity index (χ3n) is 2.87. The summed E-state index contributed by atoms with van der Waals surface area (Å²) in [5.41, 5.74) is 6.03. The number of nitrogen functional groups attached to an aromatic ring is 1. The number of aliphatic carboxylic acids is 1. The van der Waals surface area contributed by atoms with Crippen LogP contribution in [0, 0.1) is 5.82 Å². The molecule has 0 fully saturated rings. The first-order chi connectivity index (χ1) is 10.0. The van der Waals surface area contributed by atoms with E-state index in [0.717, 1.165) is 11.0 Å². The molecular formula is C15H13FN2O3. The lowest BCUT2D eigenvalue weighted by molar-refractivity contribution is -0.135. The summed E-state index contributed by atoms with van der Waals surface area (Å²) >= 11 is 0.